The number of hydrogen-bond donors (Lipinski definition) is 0. The summed E-state index contributed by atoms with van der Waals surface area (Å²) in [6.07, 6.45) is 0.854. The summed E-state index contributed by atoms with van der Waals surface area (Å²) < 4.78 is 18.7. The van der Waals surface area contributed by atoms with Crippen molar-refractivity contribution < 1.29 is 4.39 Å². The SMILES string of the molecule is C[C@@H]1CN(CCc2ccccc2)c2nc3c(c(=O)n(Cc4ccccc4F)c(=O)n3C)n2C1. The van der Waals surface area contributed by atoms with Gasteiger partial charge in [0, 0.05) is 32.2 Å². The summed E-state index contributed by atoms with van der Waals surface area (Å²) in [6, 6.07) is 16.4. The van der Waals surface area contributed by atoms with Gasteiger partial charge in [-0.25, -0.2) is 9.18 Å². The van der Waals surface area contributed by atoms with Crippen LogP contribution in [0.5, 0.6) is 0 Å². The van der Waals surface area contributed by atoms with E-state index < -0.39 is 17.1 Å². The van der Waals surface area contributed by atoms with Crippen LogP contribution in [0.1, 0.15) is 18.1 Å². The first-order valence-electron chi connectivity index (χ1n) is 11.2. The minimum absolute atomic E-state index is 0.123. The highest BCUT2D eigenvalue weighted by atomic mass is 19.1. The largest absolute Gasteiger partial charge is 0.342 e. The summed E-state index contributed by atoms with van der Waals surface area (Å²) in [6.45, 7) is 4.25. The second-order valence-corrected chi connectivity index (χ2v) is 8.81. The highest BCUT2D eigenvalue weighted by Crippen LogP contribution is 2.27. The van der Waals surface area contributed by atoms with Crippen molar-refractivity contribution in [2.24, 2.45) is 13.0 Å². The van der Waals surface area contributed by atoms with Crippen LogP contribution in [0.15, 0.2) is 64.2 Å². The van der Waals surface area contributed by atoms with Crippen molar-refractivity contribution in [3.05, 3.63) is 92.4 Å². The molecule has 170 valence electrons. The number of benzene rings is 2. The number of imidazole rings is 1. The molecule has 1 aliphatic rings. The van der Waals surface area contributed by atoms with Crippen molar-refractivity contribution in [2.45, 2.75) is 26.4 Å². The molecule has 0 amide bonds. The Morgan fingerprint density at radius 3 is 2.52 bits per heavy atom. The Bertz CT molecular complexity index is 1440. The quantitative estimate of drug-likeness (QED) is 0.472. The molecule has 33 heavy (non-hydrogen) atoms. The molecule has 0 saturated heterocycles. The highest BCUT2D eigenvalue weighted by Gasteiger charge is 2.29. The monoisotopic (exact) mass is 447 g/mol. The second kappa shape index (κ2) is 8.35. The van der Waals surface area contributed by atoms with E-state index in [2.05, 4.69) is 24.0 Å². The van der Waals surface area contributed by atoms with E-state index in [1.165, 1.54) is 16.2 Å². The summed E-state index contributed by atoms with van der Waals surface area (Å²) in [5.41, 5.74) is 1.34. The Morgan fingerprint density at radius 1 is 1.03 bits per heavy atom. The van der Waals surface area contributed by atoms with Gasteiger partial charge in [0.15, 0.2) is 11.2 Å². The molecule has 0 spiro atoms. The molecular weight excluding hydrogens is 421 g/mol. The van der Waals surface area contributed by atoms with Crippen LogP contribution in [0.4, 0.5) is 10.3 Å². The van der Waals surface area contributed by atoms with E-state index in [0.29, 0.717) is 35.1 Å². The fourth-order valence-electron chi connectivity index (χ4n) is 4.64. The van der Waals surface area contributed by atoms with E-state index in [4.69, 9.17) is 4.98 Å². The number of nitrogens with zero attached hydrogens (tertiary/aromatic N) is 5. The number of aryl methyl sites for hydroxylation is 1. The third kappa shape index (κ3) is 3.75. The van der Waals surface area contributed by atoms with E-state index in [1.807, 2.05) is 22.8 Å². The maximum Gasteiger partial charge on any atom is 0.332 e. The van der Waals surface area contributed by atoms with Crippen molar-refractivity contribution in [1.82, 2.24) is 18.7 Å². The highest BCUT2D eigenvalue weighted by molar-refractivity contribution is 5.75. The Kier molecular flexibility index (Phi) is 5.36. The predicted octanol–water partition coefficient (Wildman–Crippen LogP) is 2.78. The van der Waals surface area contributed by atoms with Crippen LogP contribution in [-0.2, 0) is 26.6 Å². The summed E-state index contributed by atoms with van der Waals surface area (Å²) in [4.78, 5) is 33.4. The number of halogens is 1. The summed E-state index contributed by atoms with van der Waals surface area (Å²) >= 11 is 0. The first-order chi connectivity index (χ1) is 15.9. The molecule has 2 aromatic carbocycles. The molecule has 0 N–H and O–H groups in total. The number of rotatable bonds is 5. The minimum Gasteiger partial charge on any atom is -0.342 e. The van der Waals surface area contributed by atoms with Crippen LogP contribution >= 0.6 is 0 Å². The Balaban J connectivity index is 1.60. The molecule has 0 radical (unpaired) electrons. The average molecular weight is 448 g/mol. The molecule has 2 aromatic heterocycles. The Labute approximate surface area is 190 Å². The number of fused-ring (bicyclic) bond motifs is 3. The normalized spacial score (nSPS) is 15.7. The van der Waals surface area contributed by atoms with E-state index in [0.717, 1.165) is 24.1 Å². The van der Waals surface area contributed by atoms with Gasteiger partial charge < -0.3 is 9.47 Å². The molecule has 8 heteroatoms. The third-order valence-corrected chi connectivity index (χ3v) is 6.32. The number of aromatic nitrogens is 4. The van der Waals surface area contributed by atoms with Gasteiger partial charge in [-0.15, -0.1) is 0 Å². The van der Waals surface area contributed by atoms with E-state index >= 15 is 0 Å². The molecule has 0 saturated carbocycles. The van der Waals surface area contributed by atoms with Crippen molar-refractivity contribution in [1.29, 1.82) is 0 Å². The lowest BCUT2D eigenvalue weighted by atomic mass is 10.1. The number of hydrogen-bond acceptors (Lipinski definition) is 4. The van der Waals surface area contributed by atoms with Gasteiger partial charge in [-0.05, 0) is 24.0 Å². The molecule has 5 rings (SSSR count). The lowest BCUT2D eigenvalue weighted by Crippen LogP contribution is -2.41. The van der Waals surface area contributed by atoms with Gasteiger partial charge in [0.2, 0.25) is 5.95 Å². The van der Waals surface area contributed by atoms with Gasteiger partial charge in [-0.3, -0.25) is 13.9 Å². The third-order valence-electron chi connectivity index (χ3n) is 6.32. The summed E-state index contributed by atoms with van der Waals surface area (Å²) in [5.74, 6) is 0.569. The maximum absolute atomic E-state index is 14.2. The zero-order chi connectivity index (χ0) is 23.1. The van der Waals surface area contributed by atoms with Crippen molar-refractivity contribution in [2.75, 3.05) is 18.0 Å². The summed E-state index contributed by atoms with van der Waals surface area (Å²) in [7, 11) is 1.61. The van der Waals surface area contributed by atoms with Crippen LogP contribution in [0.25, 0.3) is 11.2 Å². The fraction of sp³-hybridized carbons (Fsp3) is 0.320. The Morgan fingerprint density at radius 2 is 1.76 bits per heavy atom. The van der Waals surface area contributed by atoms with E-state index in [-0.39, 0.29) is 6.54 Å². The molecular formula is C25H26FN5O2. The van der Waals surface area contributed by atoms with Crippen LogP contribution in [0.2, 0.25) is 0 Å². The first-order valence-corrected chi connectivity index (χ1v) is 11.2. The smallest absolute Gasteiger partial charge is 0.332 e. The van der Waals surface area contributed by atoms with Crippen LogP contribution in [-0.4, -0.2) is 31.8 Å². The van der Waals surface area contributed by atoms with Gasteiger partial charge in [0.1, 0.15) is 5.82 Å². The van der Waals surface area contributed by atoms with Gasteiger partial charge in [0.25, 0.3) is 5.56 Å². The van der Waals surface area contributed by atoms with Gasteiger partial charge in [-0.1, -0.05) is 55.5 Å². The topological polar surface area (TPSA) is 65.1 Å². The average Bonchev–Trinajstić information content (AvgIpc) is 3.20. The van der Waals surface area contributed by atoms with E-state index in [1.54, 1.807) is 25.2 Å². The van der Waals surface area contributed by atoms with Crippen LogP contribution in [0, 0.1) is 11.7 Å². The molecule has 1 aliphatic heterocycles. The van der Waals surface area contributed by atoms with Crippen LogP contribution in [0.3, 0.4) is 0 Å². The van der Waals surface area contributed by atoms with Crippen molar-refractivity contribution in [3.8, 4) is 0 Å². The minimum atomic E-state index is -0.505. The Hall–Kier alpha value is -3.68. The molecule has 3 heterocycles. The first kappa shape index (κ1) is 21.2. The van der Waals surface area contributed by atoms with Gasteiger partial charge in [0.05, 0.1) is 6.54 Å². The lowest BCUT2D eigenvalue weighted by Gasteiger charge is -2.33. The van der Waals surface area contributed by atoms with Gasteiger partial charge in [-0.2, -0.15) is 4.98 Å². The zero-order valence-electron chi connectivity index (χ0n) is 18.7. The van der Waals surface area contributed by atoms with Crippen molar-refractivity contribution in [3.63, 3.8) is 0 Å². The van der Waals surface area contributed by atoms with Crippen molar-refractivity contribution >= 4 is 17.1 Å². The molecule has 0 bridgehead atoms. The van der Waals surface area contributed by atoms with E-state index in [9.17, 15) is 14.0 Å². The summed E-state index contributed by atoms with van der Waals surface area (Å²) in [5, 5.41) is 0. The standard InChI is InChI=1S/C25H26FN5O2/c1-17-14-29(13-12-18-8-4-3-5-9-18)24-27-22-21(30(24)15-17)23(32)31(25(33)28(22)2)16-19-10-6-7-11-20(19)26/h3-11,17H,12-16H2,1-2H3/t17-/m1/s1. The molecule has 1 atom stereocenters. The van der Waals surface area contributed by atoms with Crippen LogP contribution < -0.4 is 16.1 Å². The molecule has 4 aromatic rings. The fourth-order valence-corrected chi connectivity index (χ4v) is 4.64. The zero-order valence-corrected chi connectivity index (χ0v) is 18.7. The lowest BCUT2D eigenvalue weighted by molar-refractivity contribution is 0.436. The molecule has 0 unspecified atom stereocenters. The molecule has 0 aliphatic carbocycles. The second-order valence-electron chi connectivity index (χ2n) is 8.81. The predicted molar refractivity (Wildman–Crippen MR) is 126 cm³/mol. The molecule has 0 fully saturated rings. The van der Waals surface area contributed by atoms with Gasteiger partial charge >= 0.3 is 5.69 Å². The maximum atomic E-state index is 14.2. The number of anilines is 1. The molecule has 7 nitrogen and oxygen atoms in total.